The van der Waals surface area contributed by atoms with Crippen LogP contribution in [0.25, 0.3) is 0 Å². The van der Waals surface area contributed by atoms with Crippen LogP contribution >= 0.6 is 0 Å². The lowest BCUT2D eigenvalue weighted by Gasteiger charge is -2.11. The van der Waals surface area contributed by atoms with Gasteiger partial charge < -0.3 is 20.1 Å². The molecule has 0 aliphatic carbocycles. The molecule has 0 aliphatic heterocycles. The Hall–Kier alpha value is -3.28. The van der Waals surface area contributed by atoms with Gasteiger partial charge in [-0.25, -0.2) is 0 Å². The quantitative estimate of drug-likeness (QED) is 0.690. The van der Waals surface area contributed by atoms with Gasteiger partial charge in [0.05, 0.1) is 7.11 Å². The summed E-state index contributed by atoms with van der Waals surface area (Å²) in [4.78, 5) is 24.2. The van der Waals surface area contributed by atoms with Crippen molar-refractivity contribution in [2.75, 3.05) is 24.4 Å². The first-order valence-electron chi connectivity index (χ1n) is 8.67. The van der Waals surface area contributed by atoms with E-state index in [2.05, 4.69) is 10.6 Å². The molecule has 0 atom stereocenters. The molecule has 2 aromatic rings. The molecule has 142 valence electrons. The number of carbonyl (C=O) groups excluding carboxylic acids is 2. The highest BCUT2D eigenvalue weighted by Gasteiger charge is 2.09. The van der Waals surface area contributed by atoms with E-state index in [1.807, 2.05) is 19.1 Å². The lowest BCUT2D eigenvalue weighted by atomic mass is 10.2. The highest BCUT2D eigenvalue weighted by atomic mass is 16.5. The molecule has 0 fully saturated rings. The molecule has 0 aliphatic rings. The molecule has 2 amide bonds. The summed E-state index contributed by atoms with van der Waals surface area (Å²) in [5.74, 6) is 0.575. The lowest BCUT2D eigenvalue weighted by molar-refractivity contribution is -0.118. The predicted octanol–water partition coefficient (Wildman–Crippen LogP) is 4.01. The second kappa shape index (κ2) is 10.0. The van der Waals surface area contributed by atoms with Crippen molar-refractivity contribution in [1.29, 1.82) is 0 Å². The molecular weight excluding hydrogens is 344 g/mol. The second-order valence-electron chi connectivity index (χ2n) is 5.82. The topological polar surface area (TPSA) is 76.7 Å². The van der Waals surface area contributed by atoms with Gasteiger partial charge in [-0.3, -0.25) is 9.59 Å². The number of hydrogen-bond acceptors (Lipinski definition) is 4. The minimum atomic E-state index is -0.313. The smallest absolute Gasteiger partial charge is 0.262 e. The fourth-order valence-corrected chi connectivity index (χ4v) is 2.38. The average Bonchev–Trinajstić information content (AvgIpc) is 2.67. The Balaban J connectivity index is 1.94. The van der Waals surface area contributed by atoms with Crippen LogP contribution in [0.2, 0.25) is 0 Å². The SMILES string of the molecule is CC/C=C(/C)C(=O)Nc1cccc(NC(=O)COc2ccccc2OC)c1. The monoisotopic (exact) mass is 368 g/mol. The fourth-order valence-electron chi connectivity index (χ4n) is 2.38. The molecule has 0 heterocycles. The Kier molecular flexibility index (Phi) is 7.43. The molecule has 0 saturated carbocycles. The van der Waals surface area contributed by atoms with Crippen LogP contribution in [-0.4, -0.2) is 25.5 Å². The third-order valence-electron chi connectivity index (χ3n) is 3.70. The largest absolute Gasteiger partial charge is 0.493 e. The standard InChI is InChI=1S/C21H24N2O4/c1-4-8-15(2)21(25)23-17-10-7-9-16(13-17)22-20(24)14-27-19-12-6-5-11-18(19)26-3/h5-13H,4,14H2,1-3H3,(H,22,24)(H,23,25)/b15-8-. The number of allylic oxidation sites excluding steroid dienone is 1. The first kappa shape index (κ1) is 20.0. The van der Waals surface area contributed by atoms with Crippen molar-refractivity contribution in [3.63, 3.8) is 0 Å². The number of benzene rings is 2. The summed E-state index contributed by atoms with van der Waals surface area (Å²) in [6.45, 7) is 3.58. The normalized spacial score (nSPS) is 10.9. The summed E-state index contributed by atoms with van der Waals surface area (Å²) in [6.07, 6.45) is 2.65. The number of anilines is 2. The van der Waals surface area contributed by atoms with Crippen molar-refractivity contribution in [3.8, 4) is 11.5 Å². The van der Waals surface area contributed by atoms with Gasteiger partial charge in [-0.05, 0) is 43.7 Å². The Morgan fingerprint density at radius 2 is 1.67 bits per heavy atom. The van der Waals surface area contributed by atoms with Crippen LogP contribution in [0.3, 0.4) is 0 Å². The maximum absolute atomic E-state index is 12.1. The number of carbonyl (C=O) groups is 2. The summed E-state index contributed by atoms with van der Waals surface area (Å²) in [6, 6.07) is 14.1. The van der Waals surface area contributed by atoms with Crippen LogP contribution in [0.1, 0.15) is 20.3 Å². The zero-order chi connectivity index (χ0) is 19.6. The zero-order valence-corrected chi connectivity index (χ0v) is 15.7. The molecule has 6 nitrogen and oxygen atoms in total. The molecule has 27 heavy (non-hydrogen) atoms. The van der Waals surface area contributed by atoms with E-state index < -0.39 is 0 Å². The summed E-state index contributed by atoms with van der Waals surface area (Å²) < 4.78 is 10.7. The Labute approximate surface area is 159 Å². The van der Waals surface area contributed by atoms with Crippen molar-refractivity contribution < 1.29 is 19.1 Å². The van der Waals surface area contributed by atoms with Gasteiger partial charge in [0, 0.05) is 16.9 Å². The number of rotatable bonds is 8. The number of hydrogen-bond donors (Lipinski definition) is 2. The van der Waals surface area contributed by atoms with Crippen LogP contribution in [0.15, 0.2) is 60.2 Å². The first-order valence-corrected chi connectivity index (χ1v) is 8.67. The van der Waals surface area contributed by atoms with E-state index in [-0.39, 0.29) is 18.4 Å². The lowest BCUT2D eigenvalue weighted by Crippen LogP contribution is -2.20. The van der Waals surface area contributed by atoms with Crippen LogP contribution in [0, 0.1) is 0 Å². The molecular formula is C21H24N2O4. The molecule has 0 bridgehead atoms. The van der Waals surface area contributed by atoms with Crippen LogP contribution in [0.4, 0.5) is 11.4 Å². The van der Waals surface area contributed by atoms with Gasteiger partial charge in [-0.1, -0.05) is 31.2 Å². The minimum absolute atomic E-state index is 0.157. The van der Waals surface area contributed by atoms with Crippen molar-refractivity contribution >= 4 is 23.2 Å². The van der Waals surface area contributed by atoms with Crippen molar-refractivity contribution in [1.82, 2.24) is 0 Å². The molecule has 2 N–H and O–H groups in total. The Morgan fingerprint density at radius 3 is 2.33 bits per heavy atom. The fraction of sp³-hybridized carbons (Fsp3) is 0.238. The molecule has 0 spiro atoms. The van der Waals surface area contributed by atoms with Crippen LogP contribution in [-0.2, 0) is 9.59 Å². The summed E-state index contributed by atoms with van der Waals surface area (Å²) in [7, 11) is 1.54. The summed E-state index contributed by atoms with van der Waals surface area (Å²) in [5, 5.41) is 5.55. The van der Waals surface area contributed by atoms with Gasteiger partial charge >= 0.3 is 0 Å². The molecule has 0 aromatic heterocycles. The number of methoxy groups -OCH3 is 1. The van der Waals surface area contributed by atoms with E-state index in [1.54, 1.807) is 56.5 Å². The zero-order valence-electron chi connectivity index (χ0n) is 15.7. The van der Waals surface area contributed by atoms with Gasteiger partial charge in [0.1, 0.15) is 0 Å². The van der Waals surface area contributed by atoms with E-state index in [0.717, 1.165) is 6.42 Å². The van der Waals surface area contributed by atoms with E-state index in [9.17, 15) is 9.59 Å². The molecule has 2 rings (SSSR count). The maximum Gasteiger partial charge on any atom is 0.262 e. The third kappa shape index (κ3) is 6.18. The van der Waals surface area contributed by atoms with Gasteiger partial charge in [0.25, 0.3) is 11.8 Å². The highest BCUT2D eigenvalue weighted by Crippen LogP contribution is 2.25. The number of ether oxygens (including phenoxy) is 2. The first-order chi connectivity index (χ1) is 13.0. The van der Waals surface area contributed by atoms with Gasteiger partial charge in [-0.15, -0.1) is 0 Å². The molecule has 0 saturated heterocycles. The predicted molar refractivity (Wildman–Crippen MR) is 106 cm³/mol. The van der Waals surface area contributed by atoms with E-state index >= 15 is 0 Å². The van der Waals surface area contributed by atoms with Gasteiger partial charge in [-0.2, -0.15) is 0 Å². The number of para-hydroxylation sites is 2. The van der Waals surface area contributed by atoms with Crippen molar-refractivity contribution in [3.05, 3.63) is 60.2 Å². The van der Waals surface area contributed by atoms with E-state index in [0.29, 0.717) is 28.4 Å². The maximum atomic E-state index is 12.1. The van der Waals surface area contributed by atoms with E-state index in [1.165, 1.54) is 0 Å². The summed E-state index contributed by atoms with van der Waals surface area (Å²) in [5.41, 5.74) is 1.82. The average molecular weight is 368 g/mol. The van der Waals surface area contributed by atoms with Gasteiger partial charge in [0.2, 0.25) is 0 Å². The van der Waals surface area contributed by atoms with Crippen molar-refractivity contribution in [2.24, 2.45) is 0 Å². The Morgan fingerprint density at radius 1 is 1.00 bits per heavy atom. The highest BCUT2D eigenvalue weighted by molar-refractivity contribution is 6.03. The van der Waals surface area contributed by atoms with Crippen LogP contribution < -0.4 is 20.1 Å². The number of nitrogens with one attached hydrogen (secondary N) is 2. The second-order valence-corrected chi connectivity index (χ2v) is 5.82. The van der Waals surface area contributed by atoms with Crippen molar-refractivity contribution in [2.45, 2.75) is 20.3 Å². The molecule has 0 unspecified atom stereocenters. The van der Waals surface area contributed by atoms with Crippen LogP contribution in [0.5, 0.6) is 11.5 Å². The molecule has 0 radical (unpaired) electrons. The minimum Gasteiger partial charge on any atom is -0.493 e. The number of amides is 2. The third-order valence-corrected chi connectivity index (χ3v) is 3.70. The van der Waals surface area contributed by atoms with E-state index in [4.69, 9.17) is 9.47 Å². The molecule has 2 aromatic carbocycles. The van der Waals surface area contributed by atoms with Gasteiger partial charge in [0.15, 0.2) is 18.1 Å². The molecule has 6 heteroatoms. The summed E-state index contributed by atoms with van der Waals surface area (Å²) >= 11 is 0. The Bertz CT molecular complexity index is 830.